The van der Waals surface area contributed by atoms with Crippen LogP contribution in [0.15, 0.2) is 84.9 Å². The molecule has 6 rings (SSSR count). The molecule has 4 aromatic carbocycles. The van der Waals surface area contributed by atoms with Gasteiger partial charge in [0.1, 0.15) is 23.0 Å². The molecule has 0 aromatic heterocycles. The number of likely N-dealkylation sites (tertiary alicyclic amines) is 2. The van der Waals surface area contributed by atoms with E-state index in [0.717, 1.165) is 6.54 Å². The molecule has 0 spiro atoms. The summed E-state index contributed by atoms with van der Waals surface area (Å²) in [4.78, 5) is 51.3. The maximum atomic E-state index is 13.1. The van der Waals surface area contributed by atoms with Crippen molar-refractivity contribution >= 4 is 34.8 Å². The van der Waals surface area contributed by atoms with Crippen LogP contribution in [0.3, 0.4) is 0 Å². The van der Waals surface area contributed by atoms with E-state index in [2.05, 4.69) is 15.5 Å². The highest BCUT2D eigenvalue weighted by Crippen LogP contribution is 2.33. The van der Waals surface area contributed by atoms with Crippen LogP contribution in [0.4, 0.5) is 41.1 Å². The van der Waals surface area contributed by atoms with E-state index in [1.165, 1.54) is 42.5 Å². The molecule has 0 unspecified atom stereocenters. The third kappa shape index (κ3) is 10.5. The summed E-state index contributed by atoms with van der Waals surface area (Å²) in [5.41, 5.74) is 8.08. The van der Waals surface area contributed by atoms with Crippen LogP contribution in [0, 0.1) is 43.7 Å². The zero-order valence-corrected chi connectivity index (χ0v) is 28.5. The molecule has 0 radical (unpaired) electrons. The summed E-state index contributed by atoms with van der Waals surface area (Å²) in [6.45, 7) is 3.71. The summed E-state index contributed by atoms with van der Waals surface area (Å²) in [6, 6.07) is 19.7. The predicted molar refractivity (Wildman–Crippen MR) is 206 cm³/mol. The number of nitrogens with one attached hydrogen (secondary N) is 2. The third-order valence-electron chi connectivity index (χ3n) is 8.67. The van der Waals surface area contributed by atoms with E-state index < -0.39 is 15.9 Å². The number of nitro benzene ring substituents is 2. The molecule has 2 saturated heterocycles. The van der Waals surface area contributed by atoms with Crippen molar-refractivity contribution in [1.29, 1.82) is 0 Å². The number of benzene rings is 4. The van der Waals surface area contributed by atoms with E-state index >= 15 is 0 Å². The Morgan fingerprint density at radius 2 is 1.04 bits per heavy atom. The minimum atomic E-state index is -0.553. The number of anilines is 2. The largest absolute Gasteiger partial charge is 0.330 e. The maximum Gasteiger partial charge on any atom is 0.322 e. The lowest BCUT2D eigenvalue weighted by Crippen LogP contribution is -2.54. The fourth-order valence-electron chi connectivity index (χ4n) is 5.88. The van der Waals surface area contributed by atoms with Crippen molar-refractivity contribution in [2.45, 2.75) is 14.9 Å². The lowest BCUT2D eigenvalue weighted by molar-refractivity contribution is -0.384. The highest BCUT2D eigenvalue weighted by atomic mass is 19.1. The number of nitro groups is 2. The summed E-state index contributed by atoms with van der Waals surface area (Å²) >= 11 is 0. The Morgan fingerprint density at radius 3 is 1.37 bits per heavy atom. The lowest BCUT2D eigenvalue weighted by atomic mass is 10.0. The predicted octanol–water partition coefficient (Wildman–Crippen LogP) is 7.52. The van der Waals surface area contributed by atoms with E-state index in [-0.39, 0.29) is 61.2 Å². The van der Waals surface area contributed by atoms with Gasteiger partial charge in [-0.05, 0) is 91.4 Å². The number of carbonyl (C=O) groups excluding carboxylic acids is 2. The van der Waals surface area contributed by atoms with Crippen molar-refractivity contribution in [1.82, 2.24) is 14.7 Å². The van der Waals surface area contributed by atoms with Gasteiger partial charge in [-0.25, -0.2) is 18.4 Å². The molecular weight excluding hydrogens is 702 g/mol. The highest BCUT2D eigenvalue weighted by Gasteiger charge is 2.32. The summed E-state index contributed by atoms with van der Waals surface area (Å²) in [5.74, 6) is -0.0525. The maximum absolute atomic E-state index is 13.1. The van der Waals surface area contributed by atoms with Gasteiger partial charge in [-0.2, -0.15) is 0 Å². The number of halogens is 2. The van der Waals surface area contributed by atoms with Crippen LogP contribution in [-0.2, 0) is 0 Å². The van der Waals surface area contributed by atoms with Gasteiger partial charge in [-0.1, -0.05) is 39.1 Å². The molecule has 14 nitrogen and oxygen atoms in total. The summed E-state index contributed by atoms with van der Waals surface area (Å²) in [5, 5.41) is 27.8. The van der Waals surface area contributed by atoms with Crippen LogP contribution in [0.25, 0.3) is 22.3 Å². The number of hydrogen-bond donors (Lipinski definition) is 3. The smallest absolute Gasteiger partial charge is 0.322 e. The van der Waals surface area contributed by atoms with Crippen molar-refractivity contribution in [2.75, 3.05) is 64.0 Å². The Kier molecular flexibility index (Phi) is 14.7. The van der Waals surface area contributed by atoms with Crippen LogP contribution in [0.2, 0.25) is 0 Å². The molecule has 4 amide bonds. The monoisotopic (exact) mass is 748 g/mol. The standard InChI is InChI=1S/C19H21FN4O3.C17H17FN4O3.2CH4/c1-22(2)10-13-11-23(12-13)19(25)21-17-9-15(5-8-18(17)24(26)27)14-3-6-16(20)7-4-14;18-14-4-1-12(2-5-14)13-3-6-16(22(24)25)15(7-13)20-17(23)21-9-11(8-19)10-21;;/h3-9,13H,10-12H2,1-2H3,(H,21,25);1-7,11H,8-10,19H2,(H,20,23);2*1H4. The molecule has 4 N–H and O–H groups in total. The van der Waals surface area contributed by atoms with E-state index in [1.807, 2.05) is 14.1 Å². The first kappa shape index (κ1) is 42.4. The van der Waals surface area contributed by atoms with Gasteiger partial charge in [0.15, 0.2) is 0 Å². The van der Waals surface area contributed by atoms with E-state index in [0.29, 0.717) is 60.9 Å². The summed E-state index contributed by atoms with van der Waals surface area (Å²) < 4.78 is 26.2. The molecule has 16 heteroatoms. The minimum absolute atomic E-state index is 0. The molecule has 2 heterocycles. The fourth-order valence-corrected chi connectivity index (χ4v) is 5.88. The van der Waals surface area contributed by atoms with Gasteiger partial charge in [0, 0.05) is 56.7 Å². The topological polar surface area (TPSA) is 180 Å². The molecule has 2 fully saturated rings. The second-order valence-corrected chi connectivity index (χ2v) is 12.9. The van der Waals surface area contributed by atoms with Crippen LogP contribution in [0.1, 0.15) is 14.9 Å². The van der Waals surface area contributed by atoms with Crippen molar-refractivity contribution in [2.24, 2.45) is 17.6 Å². The van der Waals surface area contributed by atoms with E-state index in [1.54, 1.807) is 52.3 Å². The molecule has 288 valence electrons. The third-order valence-corrected chi connectivity index (χ3v) is 8.67. The quantitative estimate of drug-likeness (QED) is 0.116. The second-order valence-electron chi connectivity index (χ2n) is 12.9. The van der Waals surface area contributed by atoms with Crippen molar-refractivity contribution in [3.63, 3.8) is 0 Å². The SMILES string of the molecule is C.C.CN(C)CC1CN(C(=O)Nc2cc(-c3ccc(F)cc3)ccc2[N+](=O)[O-])C1.NCC1CN(C(=O)Nc2cc(-c3ccc(F)cc3)ccc2[N+](=O)[O-])C1. The number of hydrogen-bond acceptors (Lipinski definition) is 8. The zero-order chi connectivity index (χ0) is 37.5. The molecular formula is C38H46F2N8O6. The number of urea groups is 2. The van der Waals surface area contributed by atoms with E-state index in [9.17, 15) is 38.6 Å². The first-order valence-electron chi connectivity index (χ1n) is 16.4. The summed E-state index contributed by atoms with van der Waals surface area (Å²) in [7, 11) is 3.96. The Bertz CT molecular complexity index is 1930. The molecule has 0 atom stereocenters. The number of amides is 4. The Morgan fingerprint density at radius 1 is 0.685 bits per heavy atom. The number of carbonyl (C=O) groups is 2. The first-order chi connectivity index (χ1) is 24.8. The van der Waals surface area contributed by atoms with Gasteiger partial charge in [-0.15, -0.1) is 0 Å². The first-order valence-corrected chi connectivity index (χ1v) is 16.4. The molecule has 4 aromatic rings. The average molecular weight is 749 g/mol. The van der Waals surface area contributed by atoms with Gasteiger partial charge in [0.05, 0.1) is 9.85 Å². The molecule has 2 aliphatic heterocycles. The lowest BCUT2D eigenvalue weighted by Gasteiger charge is -2.40. The molecule has 54 heavy (non-hydrogen) atoms. The Hall–Kier alpha value is -6.00. The van der Waals surface area contributed by atoms with Gasteiger partial charge < -0.3 is 31.1 Å². The van der Waals surface area contributed by atoms with Crippen molar-refractivity contribution in [3.05, 3.63) is 117 Å². The minimum Gasteiger partial charge on any atom is -0.330 e. The molecule has 0 bridgehead atoms. The van der Waals surface area contributed by atoms with Crippen LogP contribution >= 0.6 is 0 Å². The number of rotatable bonds is 9. The average Bonchev–Trinajstić information content (AvgIpc) is 3.06. The number of nitrogens with zero attached hydrogens (tertiary/aromatic N) is 5. The Labute approximate surface area is 312 Å². The second kappa shape index (κ2) is 18.7. The zero-order valence-electron chi connectivity index (χ0n) is 28.5. The van der Waals surface area contributed by atoms with Crippen molar-refractivity contribution < 1.29 is 28.2 Å². The van der Waals surface area contributed by atoms with Gasteiger partial charge in [-0.3, -0.25) is 20.2 Å². The number of nitrogens with two attached hydrogens (primary N) is 1. The molecule has 0 saturated carbocycles. The fraction of sp³-hybridized carbons (Fsp3) is 0.316. The van der Waals surface area contributed by atoms with Gasteiger partial charge in [0.25, 0.3) is 11.4 Å². The van der Waals surface area contributed by atoms with E-state index in [4.69, 9.17) is 5.73 Å². The highest BCUT2D eigenvalue weighted by molar-refractivity contribution is 5.94. The normalized spacial score (nSPS) is 13.6. The van der Waals surface area contributed by atoms with Crippen LogP contribution in [0.5, 0.6) is 0 Å². The van der Waals surface area contributed by atoms with Crippen LogP contribution < -0.4 is 16.4 Å². The van der Waals surface area contributed by atoms with Crippen LogP contribution in [-0.4, -0.2) is 90.0 Å². The Balaban J connectivity index is 0.000000281. The van der Waals surface area contributed by atoms with Gasteiger partial charge in [0.2, 0.25) is 0 Å². The summed E-state index contributed by atoms with van der Waals surface area (Å²) in [6.07, 6.45) is 0. The molecule has 0 aliphatic carbocycles. The molecule has 2 aliphatic rings. The van der Waals surface area contributed by atoms with Gasteiger partial charge >= 0.3 is 12.1 Å². The van der Waals surface area contributed by atoms with Crippen molar-refractivity contribution in [3.8, 4) is 22.3 Å².